The van der Waals surface area contributed by atoms with E-state index >= 15 is 0 Å². The number of benzene rings is 1. The summed E-state index contributed by atoms with van der Waals surface area (Å²) in [5.74, 6) is 1.33. The van der Waals surface area contributed by atoms with Crippen LogP contribution >= 0.6 is 0 Å². The molecule has 1 aromatic carbocycles. The third-order valence-electron chi connectivity index (χ3n) is 3.21. The van der Waals surface area contributed by atoms with E-state index in [9.17, 15) is 4.79 Å². The van der Waals surface area contributed by atoms with Crippen molar-refractivity contribution in [3.8, 4) is 0 Å². The van der Waals surface area contributed by atoms with E-state index in [-0.39, 0.29) is 5.56 Å². The molecule has 0 unspecified atom stereocenters. The number of pyridine rings is 1. The van der Waals surface area contributed by atoms with Crippen LogP contribution in [0.1, 0.15) is 5.76 Å². The number of furan rings is 1. The second kappa shape index (κ2) is 4.65. The molecule has 3 rings (SSSR count). The van der Waals surface area contributed by atoms with Gasteiger partial charge in [0.15, 0.2) is 0 Å². The summed E-state index contributed by atoms with van der Waals surface area (Å²) in [5.41, 5.74) is 5.91. The van der Waals surface area contributed by atoms with E-state index in [1.807, 2.05) is 42.5 Å². The summed E-state index contributed by atoms with van der Waals surface area (Å²) in [6.07, 6.45) is 2.28. The summed E-state index contributed by atoms with van der Waals surface area (Å²) in [4.78, 5) is 12.4. The summed E-state index contributed by atoms with van der Waals surface area (Å²) in [6.45, 7) is 0.517. The first kappa shape index (κ1) is 11.6. The van der Waals surface area contributed by atoms with E-state index in [0.717, 1.165) is 11.1 Å². The maximum Gasteiger partial charge on any atom is 0.259 e. The number of rotatable bonds is 3. The average Bonchev–Trinajstić information content (AvgIpc) is 2.92. The van der Waals surface area contributed by atoms with Gasteiger partial charge in [0.2, 0.25) is 0 Å². The Balaban J connectivity index is 2.01. The van der Waals surface area contributed by atoms with Gasteiger partial charge in [0, 0.05) is 18.4 Å². The summed E-state index contributed by atoms with van der Waals surface area (Å²) in [6, 6.07) is 13.0. The zero-order chi connectivity index (χ0) is 13.2. The number of hydrogen-bond donors (Lipinski definition) is 1. The SMILES string of the molecule is Nc1cc2ccccc2c(=O)n1CCc1ccco1. The first-order chi connectivity index (χ1) is 9.25. The highest BCUT2D eigenvalue weighted by molar-refractivity contribution is 5.83. The molecule has 4 heteroatoms. The number of nitrogens with two attached hydrogens (primary N) is 1. The van der Waals surface area contributed by atoms with Crippen LogP contribution in [0.5, 0.6) is 0 Å². The maximum absolute atomic E-state index is 12.4. The molecule has 3 aromatic rings. The number of nitrogens with zero attached hydrogens (tertiary/aromatic N) is 1. The molecule has 96 valence electrons. The normalized spacial score (nSPS) is 10.9. The molecule has 0 radical (unpaired) electrons. The number of aryl methyl sites for hydroxylation is 1. The van der Waals surface area contributed by atoms with Crippen LogP contribution in [0.15, 0.2) is 57.9 Å². The summed E-state index contributed by atoms with van der Waals surface area (Å²) in [7, 11) is 0. The lowest BCUT2D eigenvalue weighted by Crippen LogP contribution is -2.23. The smallest absolute Gasteiger partial charge is 0.259 e. The molecule has 2 N–H and O–H groups in total. The summed E-state index contributed by atoms with van der Waals surface area (Å²) in [5, 5.41) is 1.57. The quantitative estimate of drug-likeness (QED) is 0.780. The van der Waals surface area contributed by atoms with E-state index in [0.29, 0.717) is 24.2 Å². The number of fused-ring (bicyclic) bond motifs is 1. The van der Waals surface area contributed by atoms with E-state index in [4.69, 9.17) is 10.2 Å². The molecular formula is C15H14N2O2. The van der Waals surface area contributed by atoms with Gasteiger partial charge in [-0.2, -0.15) is 0 Å². The second-order valence-electron chi connectivity index (χ2n) is 4.44. The van der Waals surface area contributed by atoms with Gasteiger partial charge in [-0.15, -0.1) is 0 Å². The van der Waals surface area contributed by atoms with Gasteiger partial charge in [-0.1, -0.05) is 18.2 Å². The minimum atomic E-state index is -0.0536. The van der Waals surface area contributed by atoms with Crippen molar-refractivity contribution in [2.45, 2.75) is 13.0 Å². The monoisotopic (exact) mass is 254 g/mol. The Kier molecular flexibility index (Phi) is 2.83. The van der Waals surface area contributed by atoms with Crippen LogP contribution in [-0.4, -0.2) is 4.57 Å². The molecule has 0 bridgehead atoms. The summed E-state index contributed by atoms with van der Waals surface area (Å²) < 4.78 is 6.85. The maximum atomic E-state index is 12.4. The number of nitrogen functional groups attached to an aromatic ring is 1. The molecule has 0 spiro atoms. The molecule has 0 aliphatic heterocycles. The van der Waals surface area contributed by atoms with E-state index in [1.165, 1.54) is 0 Å². The van der Waals surface area contributed by atoms with Crippen molar-refractivity contribution in [2.75, 3.05) is 5.73 Å². The minimum absolute atomic E-state index is 0.0536. The van der Waals surface area contributed by atoms with E-state index in [1.54, 1.807) is 10.8 Å². The lowest BCUT2D eigenvalue weighted by Gasteiger charge is -2.10. The van der Waals surface area contributed by atoms with Crippen molar-refractivity contribution in [2.24, 2.45) is 0 Å². The third kappa shape index (κ3) is 2.12. The molecule has 0 saturated carbocycles. The molecule has 0 fully saturated rings. The van der Waals surface area contributed by atoms with E-state index < -0.39 is 0 Å². The first-order valence-electron chi connectivity index (χ1n) is 6.16. The highest BCUT2D eigenvalue weighted by atomic mass is 16.3. The second-order valence-corrected chi connectivity index (χ2v) is 4.44. The lowest BCUT2D eigenvalue weighted by atomic mass is 10.1. The van der Waals surface area contributed by atoms with Gasteiger partial charge in [-0.25, -0.2) is 0 Å². The fourth-order valence-corrected chi connectivity index (χ4v) is 2.23. The molecule has 0 atom stereocenters. The van der Waals surface area contributed by atoms with Crippen LogP contribution in [-0.2, 0) is 13.0 Å². The highest BCUT2D eigenvalue weighted by Crippen LogP contribution is 2.14. The predicted molar refractivity (Wildman–Crippen MR) is 75.0 cm³/mol. The highest BCUT2D eigenvalue weighted by Gasteiger charge is 2.07. The van der Waals surface area contributed by atoms with Gasteiger partial charge in [-0.05, 0) is 29.7 Å². The molecule has 2 aromatic heterocycles. The molecular weight excluding hydrogens is 240 g/mol. The van der Waals surface area contributed by atoms with Crippen molar-refractivity contribution in [1.82, 2.24) is 4.57 Å². The van der Waals surface area contributed by atoms with Crippen LogP contribution in [0.3, 0.4) is 0 Å². The number of aromatic nitrogens is 1. The standard InChI is InChI=1S/C15H14N2O2/c16-14-10-11-4-1-2-6-13(11)15(18)17(14)8-7-12-5-3-9-19-12/h1-6,9-10H,7-8,16H2. The molecule has 0 amide bonds. The van der Waals surface area contributed by atoms with Gasteiger partial charge in [0.05, 0.1) is 6.26 Å². The zero-order valence-corrected chi connectivity index (χ0v) is 10.4. The fraction of sp³-hybridized carbons (Fsp3) is 0.133. The number of anilines is 1. The Morgan fingerprint density at radius 1 is 1.16 bits per heavy atom. The van der Waals surface area contributed by atoms with Crippen molar-refractivity contribution in [3.63, 3.8) is 0 Å². The van der Waals surface area contributed by atoms with Crippen molar-refractivity contribution < 1.29 is 4.42 Å². The molecule has 19 heavy (non-hydrogen) atoms. The minimum Gasteiger partial charge on any atom is -0.469 e. The first-order valence-corrected chi connectivity index (χ1v) is 6.16. The topological polar surface area (TPSA) is 61.2 Å². The van der Waals surface area contributed by atoms with Gasteiger partial charge < -0.3 is 10.2 Å². The Labute approximate surface area is 110 Å². The van der Waals surface area contributed by atoms with Crippen molar-refractivity contribution in [1.29, 1.82) is 0 Å². The Morgan fingerprint density at radius 3 is 2.79 bits per heavy atom. The molecule has 0 aliphatic carbocycles. The Bertz CT molecular complexity index is 757. The molecule has 4 nitrogen and oxygen atoms in total. The predicted octanol–water partition coefficient (Wildman–Crippen LogP) is 2.42. The largest absolute Gasteiger partial charge is 0.469 e. The van der Waals surface area contributed by atoms with Gasteiger partial charge in [-0.3, -0.25) is 9.36 Å². The van der Waals surface area contributed by atoms with Crippen LogP contribution in [0, 0.1) is 0 Å². The van der Waals surface area contributed by atoms with Gasteiger partial charge >= 0.3 is 0 Å². The van der Waals surface area contributed by atoms with E-state index in [2.05, 4.69) is 0 Å². The van der Waals surface area contributed by atoms with Crippen LogP contribution in [0.4, 0.5) is 5.82 Å². The molecule has 2 heterocycles. The Hall–Kier alpha value is -2.49. The molecule has 0 aliphatic rings. The zero-order valence-electron chi connectivity index (χ0n) is 10.4. The lowest BCUT2D eigenvalue weighted by molar-refractivity contribution is 0.490. The van der Waals surface area contributed by atoms with Crippen LogP contribution in [0.25, 0.3) is 10.8 Å². The van der Waals surface area contributed by atoms with Gasteiger partial charge in [0.25, 0.3) is 5.56 Å². The van der Waals surface area contributed by atoms with Crippen molar-refractivity contribution in [3.05, 3.63) is 64.8 Å². The average molecular weight is 254 g/mol. The van der Waals surface area contributed by atoms with Crippen LogP contribution < -0.4 is 11.3 Å². The van der Waals surface area contributed by atoms with Crippen molar-refractivity contribution >= 4 is 16.6 Å². The van der Waals surface area contributed by atoms with Gasteiger partial charge in [0.1, 0.15) is 11.6 Å². The van der Waals surface area contributed by atoms with Crippen LogP contribution in [0.2, 0.25) is 0 Å². The Morgan fingerprint density at radius 2 is 2.00 bits per heavy atom. The number of hydrogen-bond acceptors (Lipinski definition) is 3. The third-order valence-corrected chi connectivity index (χ3v) is 3.21. The molecule has 0 saturated heterocycles. The fourth-order valence-electron chi connectivity index (χ4n) is 2.23. The summed E-state index contributed by atoms with van der Waals surface area (Å²) >= 11 is 0.